The van der Waals surface area contributed by atoms with E-state index < -0.39 is 0 Å². The molecule has 4 aromatic heterocycles. The molecule has 0 radical (unpaired) electrons. The summed E-state index contributed by atoms with van der Waals surface area (Å²) in [5.74, 6) is 0.952. The smallest absolute Gasteiger partial charge is 0.247 e. The van der Waals surface area contributed by atoms with E-state index in [0.717, 1.165) is 16.8 Å². The van der Waals surface area contributed by atoms with Gasteiger partial charge in [-0.3, -0.25) is 8.97 Å². The Morgan fingerprint density at radius 3 is 2.04 bits per heavy atom. The molecule has 0 spiro atoms. The maximum atomic E-state index is 5.29. The Balaban J connectivity index is 1.30. The van der Waals surface area contributed by atoms with E-state index in [1.165, 1.54) is 82.3 Å². The lowest BCUT2D eigenvalue weighted by Gasteiger charge is -2.28. The molecule has 5 heteroatoms. The standard InChI is InChI=1S/C43H25BN4/c1-2-12-26(13-3-1)27-14-4-6-18-32(27)44-33-19-11-23-38-42(33)48(43-45-35-20-7-9-22-37(35)47(38)43)40-25-39-31(24-34(40)44)30-17-10-16-29-28-15-5-8-21-36(28)46(39)41(29)30/h1-25H. The molecular formula is C43H25BN4. The molecule has 4 nitrogen and oxygen atoms in total. The van der Waals surface area contributed by atoms with Gasteiger partial charge in [0.15, 0.2) is 0 Å². The van der Waals surface area contributed by atoms with Crippen molar-refractivity contribution in [2.24, 2.45) is 0 Å². The molecule has 11 aromatic rings. The molecule has 0 atom stereocenters. The minimum absolute atomic E-state index is 0.0275. The van der Waals surface area contributed by atoms with E-state index in [4.69, 9.17) is 4.98 Å². The van der Waals surface area contributed by atoms with Crippen molar-refractivity contribution in [3.05, 3.63) is 152 Å². The van der Waals surface area contributed by atoms with Crippen molar-refractivity contribution in [3.8, 4) is 16.8 Å². The monoisotopic (exact) mass is 608 g/mol. The molecule has 220 valence electrons. The summed E-state index contributed by atoms with van der Waals surface area (Å²) in [7, 11) is 0. The first-order chi connectivity index (χ1) is 23.8. The number of fused-ring (bicyclic) bond motifs is 13. The van der Waals surface area contributed by atoms with Gasteiger partial charge in [-0.05, 0) is 52.4 Å². The Morgan fingerprint density at radius 1 is 0.438 bits per heavy atom. The van der Waals surface area contributed by atoms with E-state index >= 15 is 0 Å². The van der Waals surface area contributed by atoms with Gasteiger partial charge in [0, 0.05) is 27.2 Å². The van der Waals surface area contributed by atoms with Gasteiger partial charge in [0.1, 0.15) is 0 Å². The highest BCUT2D eigenvalue weighted by Crippen LogP contribution is 2.40. The summed E-state index contributed by atoms with van der Waals surface area (Å²) >= 11 is 0. The summed E-state index contributed by atoms with van der Waals surface area (Å²) in [6.07, 6.45) is 0. The molecule has 5 heterocycles. The van der Waals surface area contributed by atoms with Crippen molar-refractivity contribution < 1.29 is 0 Å². The lowest BCUT2D eigenvalue weighted by Crippen LogP contribution is -2.56. The molecule has 7 aromatic carbocycles. The third kappa shape index (κ3) is 2.92. The normalized spacial score (nSPS) is 13.0. The fraction of sp³-hybridized carbons (Fsp3) is 0. The van der Waals surface area contributed by atoms with Crippen LogP contribution in [-0.2, 0) is 0 Å². The fourth-order valence-electron chi connectivity index (χ4n) is 8.97. The SMILES string of the molecule is c1ccc(-c2ccccc2B2c3cc4c5cccc6c7ccccc7n(c4cc3-n3c4c2cccc4n2c4ccccc4nc32)c65)cc1. The van der Waals surface area contributed by atoms with Crippen LogP contribution in [0, 0.1) is 0 Å². The van der Waals surface area contributed by atoms with Gasteiger partial charge in [-0.15, -0.1) is 0 Å². The van der Waals surface area contributed by atoms with E-state index in [2.05, 4.69) is 165 Å². The van der Waals surface area contributed by atoms with Crippen molar-refractivity contribution in [2.75, 3.05) is 0 Å². The zero-order valence-corrected chi connectivity index (χ0v) is 25.8. The highest BCUT2D eigenvalue weighted by molar-refractivity contribution is 6.98. The second-order valence-electron chi connectivity index (χ2n) is 13.2. The predicted octanol–water partition coefficient (Wildman–Crippen LogP) is 8.08. The summed E-state index contributed by atoms with van der Waals surface area (Å²) in [4.78, 5) is 5.29. The summed E-state index contributed by atoms with van der Waals surface area (Å²) in [5.41, 5.74) is 15.9. The largest absolute Gasteiger partial charge is 0.308 e. The number of hydrogen-bond donors (Lipinski definition) is 0. The number of benzene rings is 7. The van der Waals surface area contributed by atoms with Crippen molar-refractivity contribution in [3.63, 3.8) is 0 Å². The third-order valence-electron chi connectivity index (χ3n) is 10.8. The van der Waals surface area contributed by atoms with E-state index in [1.54, 1.807) is 0 Å². The van der Waals surface area contributed by atoms with Gasteiger partial charge < -0.3 is 4.40 Å². The summed E-state index contributed by atoms with van der Waals surface area (Å²) < 4.78 is 7.28. The number of hydrogen-bond acceptors (Lipinski definition) is 1. The van der Waals surface area contributed by atoms with Crippen molar-refractivity contribution >= 4 is 89.0 Å². The molecule has 0 bridgehead atoms. The first-order valence-electron chi connectivity index (χ1n) is 16.6. The fourth-order valence-corrected chi connectivity index (χ4v) is 8.97. The second kappa shape index (κ2) is 8.72. The Labute approximate surface area is 275 Å². The number of imidazole rings is 2. The molecule has 0 aliphatic carbocycles. The van der Waals surface area contributed by atoms with Crippen LogP contribution in [0.2, 0.25) is 0 Å². The highest BCUT2D eigenvalue weighted by atomic mass is 15.2. The molecule has 12 rings (SSSR count). The number of rotatable bonds is 2. The molecule has 1 aliphatic heterocycles. The Bertz CT molecular complexity index is 3130. The highest BCUT2D eigenvalue weighted by Gasteiger charge is 2.37. The third-order valence-corrected chi connectivity index (χ3v) is 10.8. The lowest BCUT2D eigenvalue weighted by molar-refractivity contribution is 1.12. The van der Waals surface area contributed by atoms with Crippen molar-refractivity contribution in [1.82, 2.24) is 18.4 Å². The van der Waals surface area contributed by atoms with E-state index in [-0.39, 0.29) is 6.71 Å². The van der Waals surface area contributed by atoms with Crippen LogP contribution in [0.4, 0.5) is 0 Å². The predicted molar refractivity (Wildman–Crippen MR) is 201 cm³/mol. The maximum absolute atomic E-state index is 5.29. The van der Waals surface area contributed by atoms with Crippen LogP contribution < -0.4 is 16.4 Å². The molecule has 0 amide bonds. The number of para-hydroxylation sites is 5. The Hall–Kier alpha value is -6.33. The van der Waals surface area contributed by atoms with E-state index in [1.807, 2.05) is 0 Å². The van der Waals surface area contributed by atoms with Crippen LogP contribution in [0.5, 0.6) is 0 Å². The zero-order chi connectivity index (χ0) is 31.1. The van der Waals surface area contributed by atoms with Gasteiger partial charge in [0.25, 0.3) is 0 Å². The molecule has 0 N–H and O–H groups in total. The van der Waals surface area contributed by atoms with Crippen LogP contribution in [0.15, 0.2) is 152 Å². The summed E-state index contributed by atoms with van der Waals surface area (Å²) in [6, 6.07) is 55.7. The van der Waals surface area contributed by atoms with E-state index in [0.29, 0.717) is 0 Å². The molecule has 0 fully saturated rings. The first kappa shape index (κ1) is 24.8. The average molecular weight is 609 g/mol. The van der Waals surface area contributed by atoms with Crippen LogP contribution in [0.3, 0.4) is 0 Å². The Morgan fingerprint density at radius 2 is 1.12 bits per heavy atom. The van der Waals surface area contributed by atoms with Gasteiger partial charge >= 0.3 is 0 Å². The Kier molecular flexibility index (Phi) is 4.52. The molecule has 0 saturated carbocycles. The van der Waals surface area contributed by atoms with E-state index in [9.17, 15) is 0 Å². The van der Waals surface area contributed by atoms with Crippen LogP contribution in [0.25, 0.3) is 82.8 Å². The minimum atomic E-state index is 0.0275. The molecule has 0 unspecified atom stereocenters. The number of nitrogens with zero attached hydrogens (tertiary/aromatic N) is 4. The van der Waals surface area contributed by atoms with Crippen molar-refractivity contribution in [2.45, 2.75) is 0 Å². The van der Waals surface area contributed by atoms with Gasteiger partial charge in [0.2, 0.25) is 12.5 Å². The molecule has 48 heavy (non-hydrogen) atoms. The zero-order valence-electron chi connectivity index (χ0n) is 25.8. The molecule has 1 aliphatic rings. The minimum Gasteiger partial charge on any atom is -0.308 e. The quantitative estimate of drug-likeness (QED) is 0.182. The second-order valence-corrected chi connectivity index (χ2v) is 13.2. The summed E-state index contributed by atoms with van der Waals surface area (Å²) in [6.45, 7) is 0.0275. The molecule has 0 saturated heterocycles. The number of aromatic nitrogens is 4. The maximum Gasteiger partial charge on any atom is 0.247 e. The topological polar surface area (TPSA) is 26.6 Å². The lowest BCUT2D eigenvalue weighted by atomic mass is 9.34. The van der Waals surface area contributed by atoms with Crippen LogP contribution in [0.1, 0.15) is 0 Å². The first-order valence-corrected chi connectivity index (χ1v) is 16.6. The van der Waals surface area contributed by atoms with Crippen molar-refractivity contribution in [1.29, 1.82) is 0 Å². The average Bonchev–Trinajstić information content (AvgIpc) is 3.88. The van der Waals surface area contributed by atoms with Gasteiger partial charge in [-0.25, -0.2) is 4.98 Å². The van der Waals surface area contributed by atoms with Gasteiger partial charge in [-0.1, -0.05) is 127 Å². The summed E-state index contributed by atoms with van der Waals surface area (Å²) in [5, 5.41) is 5.18. The molecular weight excluding hydrogens is 583 g/mol. The van der Waals surface area contributed by atoms with Gasteiger partial charge in [0.05, 0.1) is 38.6 Å². The van der Waals surface area contributed by atoms with Gasteiger partial charge in [-0.2, -0.15) is 0 Å². The van der Waals surface area contributed by atoms with Crippen LogP contribution in [-0.4, -0.2) is 25.1 Å². The van der Waals surface area contributed by atoms with Crippen LogP contribution >= 0.6 is 0 Å².